The molecule has 0 saturated carbocycles. The molecule has 1 atom stereocenters. The predicted molar refractivity (Wildman–Crippen MR) is 107 cm³/mol. The summed E-state index contributed by atoms with van der Waals surface area (Å²) in [7, 11) is 0. The molecule has 0 radical (unpaired) electrons. The summed E-state index contributed by atoms with van der Waals surface area (Å²) in [6.45, 7) is 3.55. The van der Waals surface area contributed by atoms with Gasteiger partial charge in [-0.05, 0) is 18.2 Å². The van der Waals surface area contributed by atoms with Gasteiger partial charge in [0.05, 0.1) is 5.69 Å². The minimum Gasteiger partial charge on any atom is -0.338 e. The first-order chi connectivity index (χ1) is 13.6. The van der Waals surface area contributed by atoms with Crippen LogP contribution in [0.3, 0.4) is 0 Å². The molecule has 0 aliphatic carbocycles. The highest BCUT2D eigenvalue weighted by Crippen LogP contribution is 2.25. The molecule has 1 aromatic carbocycles. The summed E-state index contributed by atoms with van der Waals surface area (Å²) in [6, 6.07) is 7.00. The Balaban J connectivity index is 1.31. The number of amides is 2. The Labute approximate surface area is 171 Å². The van der Waals surface area contributed by atoms with Crippen LogP contribution in [0.25, 0.3) is 10.6 Å². The van der Waals surface area contributed by atoms with Crippen LogP contribution < -0.4 is 0 Å². The molecule has 0 spiro atoms. The third kappa shape index (κ3) is 4.35. The van der Waals surface area contributed by atoms with Crippen molar-refractivity contribution in [3.63, 3.8) is 0 Å². The van der Waals surface area contributed by atoms with Crippen molar-refractivity contribution in [2.75, 3.05) is 26.2 Å². The molecule has 3 heterocycles. The molecule has 2 aliphatic rings. The Hall–Kier alpha value is -2.42. The zero-order valence-corrected chi connectivity index (χ0v) is 16.6. The molecule has 2 aromatic rings. The van der Waals surface area contributed by atoms with Crippen LogP contribution in [-0.4, -0.2) is 58.8 Å². The van der Waals surface area contributed by atoms with Gasteiger partial charge in [0.15, 0.2) is 6.04 Å². The number of carbonyl (C=O) groups excluding carboxylic acids is 2. The van der Waals surface area contributed by atoms with Gasteiger partial charge in [0.25, 0.3) is 11.8 Å². The van der Waals surface area contributed by atoms with Gasteiger partial charge in [-0.2, -0.15) is 5.11 Å². The topological polar surface area (TPSA) is 78.2 Å². The summed E-state index contributed by atoms with van der Waals surface area (Å²) in [5.74, 6) is -0.527. The van der Waals surface area contributed by atoms with Gasteiger partial charge in [-0.1, -0.05) is 23.7 Å². The standard InChI is InChI=1S/C19H18ClN5O2S/c20-14-3-1-13(2-4-14)18-21-15(12-28-18)11-24-7-9-25(10-8-24)19(27)16-5-6-17(26)23-22-16/h1-6,12,16H,7-11H2. The number of halogens is 1. The number of piperazine rings is 1. The molecule has 1 unspecified atom stereocenters. The SMILES string of the molecule is O=C1C=CC(C(=O)N2CCN(Cc3csc(-c4ccc(Cl)cc4)n3)CC2)N=N1. The lowest BCUT2D eigenvalue weighted by Crippen LogP contribution is -2.50. The maximum atomic E-state index is 12.5. The van der Waals surface area contributed by atoms with E-state index >= 15 is 0 Å². The van der Waals surface area contributed by atoms with Crippen molar-refractivity contribution in [3.8, 4) is 10.6 Å². The summed E-state index contributed by atoms with van der Waals surface area (Å²) in [6.07, 6.45) is 2.81. The van der Waals surface area contributed by atoms with E-state index in [4.69, 9.17) is 16.6 Å². The second-order valence-corrected chi connectivity index (χ2v) is 7.90. The van der Waals surface area contributed by atoms with Gasteiger partial charge in [-0.15, -0.1) is 16.5 Å². The number of aromatic nitrogens is 1. The second-order valence-electron chi connectivity index (χ2n) is 6.61. The predicted octanol–water partition coefficient (Wildman–Crippen LogP) is 3.02. The highest BCUT2D eigenvalue weighted by molar-refractivity contribution is 7.13. The minimum atomic E-state index is -0.676. The first-order valence-corrected chi connectivity index (χ1v) is 10.2. The van der Waals surface area contributed by atoms with Crippen LogP contribution >= 0.6 is 22.9 Å². The van der Waals surface area contributed by atoms with Gasteiger partial charge in [-0.3, -0.25) is 14.5 Å². The van der Waals surface area contributed by atoms with Crippen molar-refractivity contribution in [1.29, 1.82) is 0 Å². The highest BCUT2D eigenvalue weighted by atomic mass is 35.5. The molecular formula is C19H18ClN5O2S. The lowest BCUT2D eigenvalue weighted by atomic mass is 10.2. The number of hydrogen-bond acceptors (Lipinski definition) is 6. The Morgan fingerprint density at radius 1 is 1.18 bits per heavy atom. The van der Waals surface area contributed by atoms with E-state index in [0.29, 0.717) is 18.1 Å². The average molecular weight is 416 g/mol. The number of carbonyl (C=O) groups is 2. The number of thiazole rings is 1. The minimum absolute atomic E-state index is 0.106. The van der Waals surface area contributed by atoms with E-state index in [1.807, 2.05) is 24.3 Å². The molecule has 0 bridgehead atoms. The smallest absolute Gasteiger partial charge is 0.287 e. The van der Waals surface area contributed by atoms with Crippen LogP contribution in [0.2, 0.25) is 5.02 Å². The molecule has 1 aromatic heterocycles. The van der Waals surface area contributed by atoms with Crippen molar-refractivity contribution < 1.29 is 9.59 Å². The van der Waals surface area contributed by atoms with E-state index in [2.05, 4.69) is 20.5 Å². The van der Waals surface area contributed by atoms with Crippen LogP contribution in [0.1, 0.15) is 5.69 Å². The lowest BCUT2D eigenvalue weighted by Gasteiger charge is -2.35. The summed E-state index contributed by atoms with van der Waals surface area (Å²) < 4.78 is 0. The van der Waals surface area contributed by atoms with Gasteiger partial charge in [-0.25, -0.2) is 4.98 Å². The van der Waals surface area contributed by atoms with Crippen LogP contribution in [0, 0.1) is 0 Å². The molecule has 7 nitrogen and oxygen atoms in total. The van der Waals surface area contributed by atoms with Gasteiger partial charge in [0, 0.05) is 54.8 Å². The van der Waals surface area contributed by atoms with Gasteiger partial charge in [0.1, 0.15) is 5.01 Å². The summed E-state index contributed by atoms with van der Waals surface area (Å²) in [5, 5.41) is 11.0. The monoisotopic (exact) mass is 415 g/mol. The third-order valence-corrected chi connectivity index (χ3v) is 5.86. The molecule has 9 heteroatoms. The Morgan fingerprint density at radius 2 is 1.93 bits per heavy atom. The van der Waals surface area contributed by atoms with Crippen molar-refractivity contribution in [2.24, 2.45) is 10.2 Å². The van der Waals surface area contributed by atoms with E-state index in [0.717, 1.165) is 35.9 Å². The van der Waals surface area contributed by atoms with E-state index < -0.39 is 11.9 Å². The van der Waals surface area contributed by atoms with Crippen molar-refractivity contribution >= 4 is 34.8 Å². The third-order valence-electron chi connectivity index (χ3n) is 4.67. The number of nitrogens with zero attached hydrogens (tertiary/aromatic N) is 5. The fourth-order valence-electron chi connectivity index (χ4n) is 3.14. The fraction of sp³-hybridized carbons (Fsp3) is 0.316. The van der Waals surface area contributed by atoms with Crippen molar-refractivity contribution in [2.45, 2.75) is 12.6 Å². The second kappa shape index (κ2) is 8.30. The van der Waals surface area contributed by atoms with E-state index in [-0.39, 0.29) is 5.91 Å². The van der Waals surface area contributed by atoms with E-state index in [1.165, 1.54) is 12.2 Å². The molecule has 28 heavy (non-hydrogen) atoms. The fourth-order valence-corrected chi connectivity index (χ4v) is 4.09. The molecular weight excluding hydrogens is 398 g/mol. The Kier molecular flexibility index (Phi) is 5.61. The quantitative estimate of drug-likeness (QED) is 0.768. The van der Waals surface area contributed by atoms with Gasteiger partial charge in [0.2, 0.25) is 0 Å². The number of azo groups is 1. The zero-order chi connectivity index (χ0) is 19.5. The number of benzene rings is 1. The van der Waals surface area contributed by atoms with Crippen molar-refractivity contribution in [1.82, 2.24) is 14.8 Å². The summed E-state index contributed by atoms with van der Waals surface area (Å²) in [5.41, 5.74) is 2.08. The normalized spacial score (nSPS) is 20.0. The van der Waals surface area contributed by atoms with Gasteiger partial charge >= 0.3 is 0 Å². The zero-order valence-electron chi connectivity index (χ0n) is 15.0. The van der Waals surface area contributed by atoms with E-state index in [1.54, 1.807) is 16.2 Å². The first kappa shape index (κ1) is 18.9. The molecule has 1 fully saturated rings. The molecule has 1 saturated heterocycles. The summed E-state index contributed by atoms with van der Waals surface area (Å²) in [4.78, 5) is 32.3. The van der Waals surface area contributed by atoms with Crippen LogP contribution in [-0.2, 0) is 16.1 Å². The number of hydrogen-bond donors (Lipinski definition) is 0. The molecule has 144 valence electrons. The van der Waals surface area contributed by atoms with Crippen LogP contribution in [0.4, 0.5) is 0 Å². The van der Waals surface area contributed by atoms with Crippen LogP contribution in [0.15, 0.2) is 52.0 Å². The maximum Gasteiger partial charge on any atom is 0.287 e. The molecule has 0 N–H and O–H groups in total. The highest BCUT2D eigenvalue weighted by Gasteiger charge is 2.27. The largest absolute Gasteiger partial charge is 0.338 e. The molecule has 2 aliphatic heterocycles. The summed E-state index contributed by atoms with van der Waals surface area (Å²) >= 11 is 7.56. The molecule has 2 amide bonds. The van der Waals surface area contributed by atoms with Crippen LogP contribution in [0.5, 0.6) is 0 Å². The first-order valence-electron chi connectivity index (χ1n) is 8.93. The Bertz CT molecular complexity index is 916. The maximum absolute atomic E-state index is 12.5. The van der Waals surface area contributed by atoms with Crippen molar-refractivity contribution in [3.05, 3.63) is 52.5 Å². The molecule has 4 rings (SSSR count). The Morgan fingerprint density at radius 3 is 2.61 bits per heavy atom. The lowest BCUT2D eigenvalue weighted by molar-refractivity contribution is -0.133. The number of rotatable bonds is 4. The average Bonchev–Trinajstić information content (AvgIpc) is 3.18. The van der Waals surface area contributed by atoms with E-state index in [9.17, 15) is 9.59 Å². The van der Waals surface area contributed by atoms with Gasteiger partial charge < -0.3 is 4.90 Å².